The quantitative estimate of drug-likeness (QED) is 0.813. The molecule has 1 amide bonds. The van der Waals surface area contributed by atoms with Crippen LogP contribution in [-0.2, 0) is 9.53 Å². The molecule has 0 aromatic carbocycles. The van der Waals surface area contributed by atoms with Crippen LogP contribution >= 0.6 is 12.2 Å². The molecule has 0 radical (unpaired) electrons. The Labute approximate surface area is 123 Å². The summed E-state index contributed by atoms with van der Waals surface area (Å²) in [7, 11) is 0. The van der Waals surface area contributed by atoms with Gasteiger partial charge < -0.3 is 20.2 Å². The van der Waals surface area contributed by atoms with Crippen molar-refractivity contribution in [2.45, 2.75) is 32.7 Å². The smallest absolute Gasteiger partial charge is 0.233 e. The molecule has 0 aliphatic carbocycles. The number of thiocarbonyl (C=S) groups is 1. The number of rotatable bonds is 4. The van der Waals surface area contributed by atoms with E-state index in [0.717, 1.165) is 0 Å². The second kappa shape index (κ2) is 5.88. The number of amides is 1. The zero-order valence-electron chi connectivity index (χ0n) is 11.6. The van der Waals surface area contributed by atoms with E-state index in [0.29, 0.717) is 37.7 Å². The van der Waals surface area contributed by atoms with Gasteiger partial charge in [0.1, 0.15) is 17.2 Å². The van der Waals surface area contributed by atoms with Crippen LogP contribution in [0.3, 0.4) is 0 Å². The van der Waals surface area contributed by atoms with Crippen LogP contribution in [0.2, 0.25) is 0 Å². The lowest BCUT2D eigenvalue weighted by atomic mass is 9.79. The molecule has 6 nitrogen and oxygen atoms in total. The second-order valence-corrected chi connectivity index (χ2v) is 5.50. The molecule has 1 aliphatic heterocycles. The van der Waals surface area contributed by atoms with E-state index in [1.165, 1.54) is 0 Å². The largest absolute Gasteiger partial charge is 0.444 e. The highest BCUT2D eigenvalue weighted by Crippen LogP contribution is 2.32. The number of carbonyl (C=O) groups is 1. The fraction of sp³-hybridized carbons (Fsp3) is 0.615. The first kappa shape index (κ1) is 14.9. The first-order chi connectivity index (χ1) is 9.45. The Balaban J connectivity index is 2.11. The fourth-order valence-electron chi connectivity index (χ4n) is 2.27. The minimum atomic E-state index is -0.830. The van der Waals surface area contributed by atoms with Crippen LogP contribution < -0.4 is 11.1 Å². The molecule has 1 aromatic rings. The van der Waals surface area contributed by atoms with Crippen molar-refractivity contribution < 1.29 is 13.9 Å². The van der Waals surface area contributed by atoms with E-state index in [4.69, 9.17) is 27.1 Å². The average Bonchev–Trinajstić information content (AvgIpc) is 2.86. The third-order valence-corrected chi connectivity index (χ3v) is 4.00. The standard InChI is InChI=1S/C13H19N3O3S/c1-8-7-15-10(19-8)9(2)16-12(17)13(11(14)20)3-5-18-6-4-13/h7,9H,3-6H2,1-2H3,(H2,14,20)(H,16,17). The molecular formula is C13H19N3O3S. The number of hydrogen-bond acceptors (Lipinski definition) is 5. The lowest BCUT2D eigenvalue weighted by Crippen LogP contribution is -2.52. The molecule has 1 unspecified atom stereocenters. The predicted octanol–water partition coefficient (Wildman–Crippen LogP) is 1.24. The van der Waals surface area contributed by atoms with Crippen molar-refractivity contribution in [3.63, 3.8) is 0 Å². The highest BCUT2D eigenvalue weighted by molar-refractivity contribution is 7.80. The number of aryl methyl sites for hydroxylation is 1. The van der Waals surface area contributed by atoms with Crippen molar-refractivity contribution in [1.82, 2.24) is 10.3 Å². The molecule has 0 saturated carbocycles. The summed E-state index contributed by atoms with van der Waals surface area (Å²) in [6.45, 7) is 4.59. The highest BCUT2D eigenvalue weighted by Gasteiger charge is 2.43. The maximum atomic E-state index is 12.5. The Morgan fingerprint density at radius 1 is 1.55 bits per heavy atom. The van der Waals surface area contributed by atoms with Gasteiger partial charge in [0.15, 0.2) is 0 Å². The third kappa shape index (κ3) is 2.83. The summed E-state index contributed by atoms with van der Waals surface area (Å²) in [4.78, 5) is 16.9. The van der Waals surface area contributed by atoms with Gasteiger partial charge in [0.05, 0.1) is 11.2 Å². The van der Waals surface area contributed by atoms with E-state index in [1.54, 1.807) is 13.1 Å². The van der Waals surface area contributed by atoms with Gasteiger partial charge >= 0.3 is 0 Å². The van der Waals surface area contributed by atoms with E-state index in [-0.39, 0.29) is 16.9 Å². The summed E-state index contributed by atoms with van der Waals surface area (Å²) in [5, 5.41) is 2.88. The Morgan fingerprint density at radius 3 is 2.70 bits per heavy atom. The molecule has 0 spiro atoms. The van der Waals surface area contributed by atoms with E-state index in [1.807, 2.05) is 6.92 Å². The molecular weight excluding hydrogens is 278 g/mol. The van der Waals surface area contributed by atoms with Crippen molar-refractivity contribution in [2.24, 2.45) is 11.1 Å². The molecule has 7 heteroatoms. The third-order valence-electron chi connectivity index (χ3n) is 3.61. The molecule has 3 N–H and O–H groups in total. The van der Waals surface area contributed by atoms with E-state index in [9.17, 15) is 4.79 Å². The van der Waals surface area contributed by atoms with Crippen LogP contribution in [0.1, 0.15) is 37.5 Å². The SMILES string of the molecule is Cc1cnc(C(C)NC(=O)C2(C(N)=S)CCOCC2)o1. The summed E-state index contributed by atoms with van der Waals surface area (Å²) < 4.78 is 10.7. The zero-order chi connectivity index (χ0) is 14.8. The normalized spacial score (nSPS) is 19.3. The van der Waals surface area contributed by atoms with Crippen LogP contribution in [0.15, 0.2) is 10.6 Å². The van der Waals surface area contributed by atoms with Crippen LogP contribution in [0.4, 0.5) is 0 Å². The van der Waals surface area contributed by atoms with Crippen molar-refractivity contribution in [1.29, 1.82) is 0 Å². The van der Waals surface area contributed by atoms with Gasteiger partial charge in [-0.3, -0.25) is 4.79 Å². The van der Waals surface area contributed by atoms with Crippen LogP contribution in [0.5, 0.6) is 0 Å². The summed E-state index contributed by atoms with van der Waals surface area (Å²) in [6, 6.07) is -0.328. The molecule has 1 atom stereocenters. The monoisotopic (exact) mass is 297 g/mol. The van der Waals surface area contributed by atoms with Crippen LogP contribution in [-0.4, -0.2) is 29.1 Å². The van der Waals surface area contributed by atoms with Gasteiger partial charge in [-0.25, -0.2) is 4.98 Å². The van der Waals surface area contributed by atoms with Gasteiger partial charge in [-0.15, -0.1) is 0 Å². The summed E-state index contributed by atoms with van der Waals surface area (Å²) >= 11 is 5.10. The van der Waals surface area contributed by atoms with Gasteiger partial charge in [-0.05, 0) is 26.7 Å². The van der Waals surface area contributed by atoms with Gasteiger partial charge in [0.2, 0.25) is 11.8 Å². The van der Waals surface area contributed by atoms with Crippen molar-refractivity contribution in [2.75, 3.05) is 13.2 Å². The van der Waals surface area contributed by atoms with Gasteiger partial charge in [0.25, 0.3) is 0 Å². The zero-order valence-corrected chi connectivity index (χ0v) is 12.5. The molecule has 2 rings (SSSR count). The van der Waals surface area contributed by atoms with Crippen LogP contribution in [0, 0.1) is 12.3 Å². The van der Waals surface area contributed by atoms with Gasteiger partial charge in [-0.1, -0.05) is 12.2 Å². The number of oxazole rings is 1. The average molecular weight is 297 g/mol. The first-order valence-electron chi connectivity index (χ1n) is 6.56. The number of aromatic nitrogens is 1. The lowest BCUT2D eigenvalue weighted by molar-refractivity contribution is -0.132. The topological polar surface area (TPSA) is 90.4 Å². The number of nitrogens with one attached hydrogen (secondary N) is 1. The summed E-state index contributed by atoms with van der Waals surface area (Å²) in [6.07, 6.45) is 2.63. The molecule has 20 heavy (non-hydrogen) atoms. The van der Waals surface area contributed by atoms with E-state index < -0.39 is 5.41 Å². The number of hydrogen-bond donors (Lipinski definition) is 2. The Bertz CT molecular complexity index is 509. The molecule has 1 fully saturated rings. The first-order valence-corrected chi connectivity index (χ1v) is 6.97. The molecule has 1 saturated heterocycles. The van der Waals surface area contributed by atoms with Crippen molar-refractivity contribution in [3.05, 3.63) is 17.8 Å². The maximum absolute atomic E-state index is 12.5. The second-order valence-electron chi connectivity index (χ2n) is 5.06. The Hall–Kier alpha value is -1.47. The van der Waals surface area contributed by atoms with E-state index >= 15 is 0 Å². The molecule has 2 heterocycles. The minimum absolute atomic E-state index is 0.184. The molecule has 110 valence electrons. The molecule has 1 aromatic heterocycles. The van der Waals surface area contributed by atoms with Crippen molar-refractivity contribution in [3.8, 4) is 0 Å². The lowest BCUT2D eigenvalue weighted by Gasteiger charge is -2.35. The number of carbonyl (C=O) groups excluding carboxylic acids is 1. The Morgan fingerprint density at radius 2 is 2.20 bits per heavy atom. The Kier molecular flexibility index (Phi) is 4.39. The van der Waals surface area contributed by atoms with Crippen molar-refractivity contribution >= 4 is 23.1 Å². The molecule has 0 bridgehead atoms. The number of nitrogens with two attached hydrogens (primary N) is 1. The minimum Gasteiger partial charge on any atom is -0.444 e. The predicted molar refractivity (Wildman–Crippen MR) is 77.1 cm³/mol. The highest BCUT2D eigenvalue weighted by atomic mass is 32.1. The number of ether oxygens (including phenoxy) is 1. The summed E-state index contributed by atoms with van der Waals surface area (Å²) in [5.74, 6) is 0.994. The van der Waals surface area contributed by atoms with Gasteiger partial charge in [0, 0.05) is 13.2 Å². The number of nitrogens with zero attached hydrogens (tertiary/aromatic N) is 1. The summed E-state index contributed by atoms with van der Waals surface area (Å²) in [5.41, 5.74) is 4.97. The van der Waals surface area contributed by atoms with Gasteiger partial charge in [-0.2, -0.15) is 0 Å². The maximum Gasteiger partial charge on any atom is 0.233 e. The van der Waals surface area contributed by atoms with Crippen LogP contribution in [0.25, 0.3) is 0 Å². The van der Waals surface area contributed by atoms with E-state index in [2.05, 4.69) is 10.3 Å². The fourth-order valence-corrected chi connectivity index (χ4v) is 2.57. The molecule has 1 aliphatic rings.